The van der Waals surface area contributed by atoms with Crippen LogP contribution < -0.4 is 0 Å². The third-order valence-corrected chi connectivity index (χ3v) is 3.81. The summed E-state index contributed by atoms with van der Waals surface area (Å²) in [6.45, 7) is 4.78. The highest BCUT2D eigenvalue weighted by molar-refractivity contribution is 8.02. The molecule has 0 aromatic heterocycles. The predicted octanol–water partition coefficient (Wildman–Crippen LogP) is 3.38. The first kappa shape index (κ1) is 12.1. The Morgan fingerprint density at radius 3 is 2.86 bits per heavy atom. The number of hydrogen-bond donors (Lipinski definition) is 0. The summed E-state index contributed by atoms with van der Waals surface area (Å²) < 4.78 is 0. The van der Waals surface area contributed by atoms with Crippen LogP contribution in [0.15, 0.2) is 11.0 Å². The minimum atomic E-state index is 0.905. The molecule has 2 heteroatoms. The lowest BCUT2D eigenvalue weighted by Crippen LogP contribution is -2.27. The van der Waals surface area contributed by atoms with Crippen LogP contribution in [0.2, 0.25) is 0 Å². The topological polar surface area (TPSA) is 3.24 Å². The monoisotopic (exact) mass is 213 g/mol. The molecule has 0 amide bonds. The third kappa shape index (κ3) is 4.05. The number of rotatable bonds is 5. The third-order valence-electron chi connectivity index (χ3n) is 2.92. The van der Waals surface area contributed by atoms with E-state index in [1.54, 1.807) is 4.91 Å². The van der Waals surface area contributed by atoms with Crippen molar-refractivity contribution in [2.45, 2.75) is 32.6 Å². The van der Waals surface area contributed by atoms with Crippen LogP contribution in [0.5, 0.6) is 0 Å². The summed E-state index contributed by atoms with van der Waals surface area (Å²) in [7, 11) is 2.25. The summed E-state index contributed by atoms with van der Waals surface area (Å²) in [4.78, 5) is 4.07. The molecule has 14 heavy (non-hydrogen) atoms. The van der Waals surface area contributed by atoms with Gasteiger partial charge in [0.05, 0.1) is 0 Å². The Morgan fingerprint density at radius 2 is 2.36 bits per heavy atom. The van der Waals surface area contributed by atoms with Crippen LogP contribution in [0.4, 0.5) is 0 Å². The number of allylic oxidation sites excluding steroid dienone is 2. The van der Waals surface area contributed by atoms with Crippen molar-refractivity contribution in [2.75, 3.05) is 26.4 Å². The largest absolute Gasteiger partial charge is 0.306 e. The second-order valence-corrected chi connectivity index (χ2v) is 5.21. The zero-order chi connectivity index (χ0) is 10.4. The van der Waals surface area contributed by atoms with Gasteiger partial charge in [-0.05, 0) is 56.4 Å². The Kier molecular flexibility index (Phi) is 5.64. The first-order valence-corrected chi connectivity index (χ1v) is 6.90. The van der Waals surface area contributed by atoms with Crippen LogP contribution in [0.3, 0.4) is 0 Å². The smallest absolute Gasteiger partial charge is 0.000969 e. The quantitative estimate of drug-likeness (QED) is 0.689. The number of hydrogen-bond acceptors (Lipinski definition) is 2. The summed E-state index contributed by atoms with van der Waals surface area (Å²) in [6.07, 6.45) is 9.90. The highest BCUT2D eigenvalue weighted by Crippen LogP contribution is 2.29. The Hall–Kier alpha value is 0.0500. The van der Waals surface area contributed by atoms with Crippen LogP contribution in [-0.2, 0) is 0 Å². The SMILES string of the molecule is CCCN(C)CC1CC=C(SC)CC1. The van der Waals surface area contributed by atoms with Gasteiger partial charge in [0.15, 0.2) is 0 Å². The Morgan fingerprint density at radius 1 is 1.57 bits per heavy atom. The Labute approximate surface area is 92.9 Å². The molecule has 0 radical (unpaired) electrons. The maximum absolute atomic E-state index is 2.47. The molecule has 1 unspecified atom stereocenters. The van der Waals surface area contributed by atoms with E-state index in [4.69, 9.17) is 0 Å². The Bertz CT molecular complexity index is 189. The molecule has 0 spiro atoms. The highest BCUT2D eigenvalue weighted by atomic mass is 32.2. The van der Waals surface area contributed by atoms with Crippen molar-refractivity contribution in [1.82, 2.24) is 4.90 Å². The fourth-order valence-corrected chi connectivity index (χ4v) is 2.71. The molecular weight excluding hydrogens is 190 g/mol. The van der Waals surface area contributed by atoms with Gasteiger partial charge in [-0.2, -0.15) is 0 Å². The lowest BCUT2D eigenvalue weighted by atomic mass is 9.94. The molecule has 0 bridgehead atoms. The summed E-state index contributed by atoms with van der Waals surface area (Å²) in [5.41, 5.74) is 0. The zero-order valence-corrected chi connectivity index (χ0v) is 10.6. The van der Waals surface area contributed by atoms with Gasteiger partial charge in [0.25, 0.3) is 0 Å². The first-order chi connectivity index (χ1) is 6.76. The van der Waals surface area contributed by atoms with E-state index in [9.17, 15) is 0 Å². The summed E-state index contributed by atoms with van der Waals surface area (Å²) in [5, 5.41) is 0. The first-order valence-electron chi connectivity index (χ1n) is 5.67. The average Bonchev–Trinajstić information content (AvgIpc) is 2.19. The standard InChI is InChI=1S/C12H23NS/c1-4-9-13(2)10-11-5-7-12(14-3)8-6-11/h7,11H,4-6,8-10H2,1-3H3. The van der Waals surface area contributed by atoms with Crippen LogP contribution in [0.1, 0.15) is 32.6 Å². The average molecular weight is 213 g/mol. The molecular formula is C12H23NS. The molecule has 0 saturated carbocycles. The van der Waals surface area contributed by atoms with E-state index in [0.717, 1.165) is 5.92 Å². The van der Waals surface area contributed by atoms with Crippen LogP contribution >= 0.6 is 11.8 Å². The van der Waals surface area contributed by atoms with Crippen molar-refractivity contribution in [1.29, 1.82) is 0 Å². The van der Waals surface area contributed by atoms with Gasteiger partial charge in [0.1, 0.15) is 0 Å². The van der Waals surface area contributed by atoms with Crippen molar-refractivity contribution < 1.29 is 0 Å². The van der Waals surface area contributed by atoms with Gasteiger partial charge >= 0.3 is 0 Å². The molecule has 1 aliphatic carbocycles. The second kappa shape index (κ2) is 6.52. The van der Waals surface area contributed by atoms with Gasteiger partial charge in [0.2, 0.25) is 0 Å². The molecule has 0 heterocycles. The zero-order valence-electron chi connectivity index (χ0n) is 9.75. The Balaban J connectivity index is 2.25. The van der Waals surface area contributed by atoms with Crippen LogP contribution in [0, 0.1) is 5.92 Å². The molecule has 1 atom stereocenters. The van der Waals surface area contributed by atoms with E-state index in [1.807, 2.05) is 11.8 Å². The second-order valence-electron chi connectivity index (χ2n) is 4.28. The van der Waals surface area contributed by atoms with Gasteiger partial charge in [0, 0.05) is 6.54 Å². The lowest BCUT2D eigenvalue weighted by Gasteiger charge is -2.26. The van der Waals surface area contributed by atoms with Crippen molar-refractivity contribution in [2.24, 2.45) is 5.92 Å². The van der Waals surface area contributed by atoms with Gasteiger partial charge in [-0.1, -0.05) is 13.0 Å². The summed E-state index contributed by atoms with van der Waals surface area (Å²) in [5.74, 6) is 0.905. The van der Waals surface area contributed by atoms with Crippen LogP contribution in [0.25, 0.3) is 0 Å². The molecule has 1 aliphatic rings. The summed E-state index contributed by atoms with van der Waals surface area (Å²) >= 11 is 1.92. The van der Waals surface area contributed by atoms with E-state index >= 15 is 0 Å². The summed E-state index contributed by atoms with van der Waals surface area (Å²) in [6, 6.07) is 0. The minimum absolute atomic E-state index is 0.905. The van der Waals surface area contributed by atoms with E-state index < -0.39 is 0 Å². The number of nitrogens with zero attached hydrogens (tertiary/aromatic N) is 1. The molecule has 0 aromatic rings. The predicted molar refractivity (Wildman–Crippen MR) is 66.7 cm³/mol. The molecule has 0 aliphatic heterocycles. The molecule has 1 rings (SSSR count). The van der Waals surface area contributed by atoms with Gasteiger partial charge in [-0.15, -0.1) is 11.8 Å². The van der Waals surface area contributed by atoms with Gasteiger partial charge in [-0.25, -0.2) is 0 Å². The molecule has 82 valence electrons. The normalized spacial score (nSPS) is 22.6. The van der Waals surface area contributed by atoms with E-state index in [-0.39, 0.29) is 0 Å². The van der Waals surface area contributed by atoms with Crippen molar-refractivity contribution in [3.05, 3.63) is 11.0 Å². The minimum Gasteiger partial charge on any atom is -0.306 e. The molecule has 0 saturated heterocycles. The van der Waals surface area contributed by atoms with Crippen molar-refractivity contribution in [3.63, 3.8) is 0 Å². The van der Waals surface area contributed by atoms with E-state index in [0.29, 0.717) is 0 Å². The molecule has 0 fully saturated rings. The molecule has 1 nitrogen and oxygen atoms in total. The van der Waals surface area contributed by atoms with E-state index in [1.165, 1.54) is 38.8 Å². The van der Waals surface area contributed by atoms with Crippen LogP contribution in [-0.4, -0.2) is 31.3 Å². The highest BCUT2D eigenvalue weighted by Gasteiger charge is 2.15. The van der Waals surface area contributed by atoms with Gasteiger partial charge < -0.3 is 4.90 Å². The molecule has 0 N–H and O–H groups in total. The van der Waals surface area contributed by atoms with Gasteiger partial charge in [-0.3, -0.25) is 0 Å². The maximum atomic E-state index is 2.47. The fraction of sp³-hybridized carbons (Fsp3) is 0.833. The van der Waals surface area contributed by atoms with Crippen molar-refractivity contribution in [3.8, 4) is 0 Å². The van der Waals surface area contributed by atoms with Crippen molar-refractivity contribution >= 4 is 11.8 Å². The maximum Gasteiger partial charge on any atom is 0.000969 e. The fourth-order valence-electron chi connectivity index (χ4n) is 2.13. The number of thioether (sulfide) groups is 1. The molecule has 0 aromatic carbocycles. The van der Waals surface area contributed by atoms with E-state index in [2.05, 4.69) is 31.2 Å². The lowest BCUT2D eigenvalue weighted by molar-refractivity contribution is 0.265.